The van der Waals surface area contributed by atoms with Gasteiger partial charge in [-0.05, 0) is 69.9 Å². The zero-order chi connectivity index (χ0) is 31.2. The Bertz CT molecular complexity index is 2060. The topological polar surface area (TPSA) is 73.0 Å². The molecule has 0 unspecified atom stereocenters. The largest absolute Gasteiger partial charge is 0.403 e. The van der Waals surface area contributed by atoms with E-state index in [1.165, 1.54) is 10.4 Å². The molecule has 45 heavy (non-hydrogen) atoms. The maximum atomic E-state index is 7.25. The van der Waals surface area contributed by atoms with Crippen LogP contribution in [-0.2, 0) is 17.6 Å². The van der Waals surface area contributed by atoms with Crippen molar-refractivity contribution in [2.75, 3.05) is 0 Å². The number of benzene rings is 3. The van der Waals surface area contributed by atoms with E-state index in [2.05, 4.69) is 129 Å². The number of nitrogens with zero attached hydrogens (tertiary/aromatic N) is 5. The van der Waals surface area contributed by atoms with Crippen LogP contribution in [0.3, 0.4) is 0 Å². The average molecular weight is 631 g/mol. The molecule has 226 valence electrons. The van der Waals surface area contributed by atoms with Gasteiger partial charge in [-0.2, -0.15) is 5.10 Å². The van der Waals surface area contributed by atoms with Crippen molar-refractivity contribution >= 4 is 47.0 Å². The first-order valence-corrected chi connectivity index (χ1v) is 17.4. The molecule has 0 saturated heterocycles. The van der Waals surface area contributed by atoms with E-state index in [1.54, 1.807) is 6.20 Å². The number of aromatic nitrogens is 6. The molecule has 7 aromatic rings. The van der Waals surface area contributed by atoms with Gasteiger partial charge in [-0.15, -0.1) is 10.2 Å². The zero-order valence-electron chi connectivity index (χ0n) is 25.8. The Morgan fingerprint density at radius 2 is 1.49 bits per heavy atom. The van der Waals surface area contributed by atoms with Gasteiger partial charge in [0.15, 0.2) is 5.65 Å². The monoisotopic (exact) mass is 630 g/mol. The number of rotatable bonds is 8. The molecule has 4 heterocycles. The summed E-state index contributed by atoms with van der Waals surface area (Å²) in [5.41, 5.74) is 7.01. The maximum Gasteiger partial charge on any atom is 0.261 e. The molecule has 1 N–H and O–H groups in total. The second-order valence-electron chi connectivity index (χ2n) is 12.6. The molecule has 3 aromatic carbocycles. The van der Waals surface area contributed by atoms with Gasteiger partial charge in [0.05, 0.1) is 29.0 Å². The van der Waals surface area contributed by atoms with E-state index in [4.69, 9.17) is 16.0 Å². The van der Waals surface area contributed by atoms with Crippen molar-refractivity contribution in [3.8, 4) is 11.4 Å². The van der Waals surface area contributed by atoms with Crippen LogP contribution in [0.25, 0.3) is 28.1 Å². The van der Waals surface area contributed by atoms with Gasteiger partial charge in [0.1, 0.15) is 5.82 Å². The first-order valence-electron chi connectivity index (χ1n) is 15.1. The summed E-state index contributed by atoms with van der Waals surface area (Å²) in [4.78, 5) is 0. The molecular formula is C36H35ClN6OSi. The number of fused-ring (bicyclic) bond motifs is 3. The van der Waals surface area contributed by atoms with E-state index in [0.717, 1.165) is 45.0 Å². The molecule has 0 aliphatic carbocycles. The van der Waals surface area contributed by atoms with Crippen molar-refractivity contribution in [2.24, 2.45) is 0 Å². The molecule has 0 radical (unpaired) electrons. The summed E-state index contributed by atoms with van der Waals surface area (Å²) in [7, 11) is -2.71. The normalized spacial score (nSPS) is 12.4. The number of halogens is 1. The summed E-state index contributed by atoms with van der Waals surface area (Å²) < 4.78 is 11.6. The number of pyridine rings is 1. The van der Waals surface area contributed by atoms with Crippen LogP contribution < -0.4 is 10.4 Å². The van der Waals surface area contributed by atoms with Crippen molar-refractivity contribution in [1.82, 2.24) is 29.4 Å². The number of H-pyrrole nitrogens is 1. The molecule has 7 nitrogen and oxygen atoms in total. The van der Waals surface area contributed by atoms with E-state index in [0.29, 0.717) is 18.2 Å². The molecule has 0 bridgehead atoms. The van der Waals surface area contributed by atoms with E-state index >= 15 is 0 Å². The molecule has 0 amide bonds. The molecular weight excluding hydrogens is 596 g/mol. The van der Waals surface area contributed by atoms with Gasteiger partial charge >= 0.3 is 0 Å². The Kier molecular flexibility index (Phi) is 7.44. The van der Waals surface area contributed by atoms with Crippen LogP contribution in [0.2, 0.25) is 10.1 Å². The summed E-state index contributed by atoms with van der Waals surface area (Å²) in [6.45, 7) is 9.92. The molecule has 0 aliphatic rings. The third-order valence-electron chi connectivity index (χ3n) is 8.61. The minimum Gasteiger partial charge on any atom is -0.403 e. The summed E-state index contributed by atoms with van der Waals surface area (Å²) in [6, 6.07) is 36.0. The molecule has 0 atom stereocenters. The fraction of sp³-hybridized carbons (Fsp3) is 0.194. The van der Waals surface area contributed by atoms with E-state index in [1.807, 2.05) is 31.2 Å². The Morgan fingerprint density at radius 3 is 2.13 bits per heavy atom. The molecule has 7 rings (SSSR count). The van der Waals surface area contributed by atoms with Crippen molar-refractivity contribution < 1.29 is 4.43 Å². The maximum absolute atomic E-state index is 7.25. The Morgan fingerprint density at radius 1 is 0.800 bits per heavy atom. The SMILES string of the molecule is Cc1nnc2ccc3c(cc(-c4ccn[nH]4)n3Cc3cc(Cl)cc(CO[Si](c4ccccc4)(c4ccccc4)C(C)(C)C)c3)n12. The van der Waals surface area contributed by atoms with Gasteiger partial charge in [0.25, 0.3) is 8.32 Å². The van der Waals surface area contributed by atoms with Crippen molar-refractivity contribution in [2.45, 2.75) is 45.9 Å². The smallest absolute Gasteiger partial charge is 0.261 e. The highest BCUT2D eigenvalue weighted by molar-refractivity contribution is 6.99. The van der Waals surface area contributed by atoms with Crippen LogP contribution in [0.4, 0.5) is 0 Å². The highest BCUT2D eigenvalue weighted by Gasteiger charge is 2.50. The summed E-state index contributed by atoms with van der Waals surface area (Å²) in [5.74, 6) is 0.842. The quantitative estimate of drug-likeness (QED) is 0.181. The summed E-state index contributed by atoms with van der Waals surface area (Å²) in [5, 5.41) is 19.1. The van der Waals surface area contributed by atoms with Crippen molar-refractivity contribution in [3.05, 3.63) is 131 Å². The molecule has 0 saturated carbocycles. The number of aromatic amines is 1. The van der Waals surface area contributed by atoms with Gasteiger partial charge in [0, 0.05) is 17.8 Å². The first kappa shape index (κ1) is 29.2. The van der Waals surface area contributed by atoms with Crippen LogP contribution in [0, 0.1) is 6.92 Å². The number of hydrogen-bond donors (Lipinski definition) is 1. The average Bonchev–Trinajstić information content (AvgIpc) is 3.77. The highest BCUT2D eigenvalue weighted by Crippen LogP contribution is 2.38. The molecule has 4 aromatic heterocycles. The first-order chi connectivity index (χ1) is 21.7. The number of aryl methyl sites for hydroxylation is 1. The van der Waals surface area contributed by atoms with Crippen molar-refractivity contribution in [3.63, 3.8) is 0 Å². The molecule has 0 spiro atoms. The number of nitrogens with one attached hydrogen (secondary N) is 1. The molecule has 0 fully saturated rings. The van der Waals surface area contributed by atoms with Gasteiger partial charge in [-0.25, -0.2) is 0 Å². The number of hydrogen-bond acceptors (Lipinski definition) is 4. The molecule has 0 aliphatic heterocycles. The van der Waals surface area contributed by atoms with Crippen LogP contribution in [0.1, 0.15) is 37.7 Å². The van der Waals surface area contributed by atoms with Gasteiger partial charge in [-0.3, -0.25) is 9.50 Å². The Balaban J connectivity index is 1.29. The third kappa shape index (κ3) is 5.18. The minimum atomic E-state index is -2.71. The van der Waals surface area contributed by atoms with Crippen LogP contribution in [0.15, 0.2) is 109 Å². The lowest BCUT2D eigenvalue weighted by Gasteiger charge is -2.43. The second kappa shape index (κ2) is 11.5. The van der Waals surface area contributed by atoms with Crippen molar-refractivity contribution in [1.29, 1.82) is 0 Å². The van der Waals surface area contributed by atoms with Crippen LogP contribution in [-0.4, -0.2) is 37.7 Å². The minimum absolute atomic E-state index is 0.119. The second-order valence-corrected chi connectivity index (χ2v) is 17.3. The van der Waals surface area contributed by atoms with E-state index in [9.17, 15) is 0 Å². The lowest BCUT2D eigenvalue weighted by Crippen LogP contribution is -2.66. The lowest BCUT2D eigenvalue weighted by atomic mass is 10.1. The Labute approximate surface area is 268 Å². The lowest BCUT2D eigenvalue weighted by molar-refractivity contribution is 0.286. The summed E-state index contributed by atoms with van der Waals surface area (Å²) >= 11 is 6.82. The van der Waals surface area contributed by atoms with E-state index < -0.39 is 8.32 Å². The predicted molar refractivity (Wildman–Crippen MR) is 184 cm³/mol. The molecule has 9 heteroatoms. The fourth-order valence-electron chi connectivity index (χ4n) is 6.66. The predicted octanol–water partition coefficient (Wildman–Crippen LogP) is 7.16. The highest BCUT2D eigenvalue weighted by atomic mass is 35.5. The van der Waals surface area contributed by atoms with Crippen LogP contribution in [0.5, 0.6) is 0 Å². The van der Waals surface area contributed by atoms with Gasteiger partial charge < -0.3 is 8.99 Å². The van der Waals surface area contributed by atoms with Gasteiger partial charge in [-0.1, -0.05) is 99.1 Å². The van der Waals surface area contributed by atoms with Crippen LogP contribution >= 0.6 is 11.6 Å². The Hall–Kier alpha value is -4.50. The zero-order valence-corrected chi connectivity index (χ0v) is 27.6. The third-order valence-corrected chi connectivity index (χ3v) is 13.8. The summed E-state index contributed by atoms with van der Waals surface area (Å²) in [6.07, 6.45) is 1.77. The van der Waals surface area contributed by atoms with E-state index in [-0.39, 0.29) is 5.04 Å². The fourth-order valence-corrected chi connectivity index (χ4v) is 11.5. The standard InChI is InChI=1S/C36H35ClN6OSi/c1-25-39-41-35-16-15-32-34(43(25)35)22-33(31-17-18-38-40-31)42(32)23-26-19-27(21-28(37)20-26)24-44-45(36(2,3)4,29-11-7-5-8-12-29)30-13-9-6-10-14-30/h5-22H,23-24H2,1-4H3,(H,38,40). The van der Waals surface area contributed by atoms with Gasteiger partial charge in [0.2, 0.25) is 0 Å².